The van der Waals surface area contributed by atoms with Crippen LogP contribution < -0.4 is 14.8 Å². The minimum Gasteiger partial charge on any atom is -0.508 e. The summed E-state index contributed by atoms with van der Waals surface area (Å²) in [6.45, 7) is 8.05. The van der Waals surface area contributed by atoms with E-state index in [1.165, 1.54) is 27.4 Å². The van der Waals surface area contributed by atoms with Gasteiger partial charge in [-0.25, -0.2) is 13.2 Å². The molecule has 1 fully saturated rings. The smallest absolute Gasteiger partial charge is 0.328 e. The second-order valence-electron chi connectivity index (χ2n) is 13.9. The molecule has 3 aromatic rings. The highest BCUT2D eigenvalue weighted by molar-refractivity contribution is 7.89. The predicted molar refractivity (Wildman–Crippen MR) is 193 cm³/mol. The zero-order valence-corrected chi connectivity index (χ0v) is 31.4. The van der Waals surface area contributed by atoms with E-state index in [9.17, 15) is 33.0 Å². The Labute approximate surface area is 309 Å². The van der Waals surface area contributed by atoms with Gasteiger partial charge in [0.15, 0.2) is 11.5 Å². The van der Waals surface area contributed by atoms with E-state index >= 15 is 0 Å². The van der Waals surface area contributed by atoms with E-state index in [4.69, 9.17) is 21.1 Å². The number of halogens is 1. The second-order valence-corrected chi connectivity index (χ2v) is 16.3. The Kier molecular flexibility index (Phi) is 12.0. The molecule has 2 heterocycles. The normalized spacial score (nSPS) is 16.3. The third-order valence-corrected chi connectivity index (χ3v) is 11.2. The molecule has 0 bridgehead atoms. The number of aliphatic hydroxyl groups is 1. The van der Waals surface area contributed by atoms with Crippen LogP contribution in [0.5, 0.6) is 17.2 Å². The molecule has 1 saturated heterocycles. The zero-order chi connectivity index (χ0) is 37.9. The number of hydrogen-bond acceptors (Lipinski definition) is 9. The summed E-state index contributed by atoms with van der Waals surface area (Å²) in [6, 6.07) is 13.5. The van der Waals surface area contributed by atoms with E-state index in [0.29, 0.717) is 22.6 Å². The Balaban J connectivity index is 1.39. The summed E-state index contributed by atoms with van der Waals surface area (Å²) in [4.78, 5) is 43.4. The van der Waals surface area contributed by atoms with E-state index < -0.39 is 52.0 Å². The Morgan fingerprint density at radius 3 is 2.31 bits per heavy atom. The van der Waals surface area contributed by atoms with Crippen molar-refractivity contribution in [3.05, 3.63) is 82.4 Å². The number of nitrogens with zero attached hydrogens (tertiary/aromatic N) is 3. The van der Waals surface area contributed by atoms with Gasteiger partial charge in [0.1, 0.15) is 18.3 Å². The average molecular weight is 757 g/mol. The Morgan fingerprint density at radius 1 is 1.00 bits per heavy atom. The first-order chi connectivity index (χ1) is 24.6. The summed E-state index contributed by atoms with van der Waals surface area (Å²) in [5.41, 5.74) is 1.63. The van der Waals surface area contributed by atoms with Crippen LogP contribution in [-0.4, -0.2) is 95.2 Å². The van der Waals surface area contributed by atoms with Gasteiger partial charge < -0.3 is 29.9 Å². The van der Waals surface area contributed by atoms with E-state index in [-0.39, 0.29) is 61.0 Å². The molecule has 0 aromatic heterocycles. The van der Waals surface area contributed by atoms with E-state index in [1.54, 1.807) is 32.9 Å². The van der Waals surface area contributed by atoms with Crippen LogP contribution in [-0.2, 0) is 32.6 Å². The van der Waals surface area contributed by atoms with Crippen molar-refractivity contribution in [2.45, 2.75) is 70.7 Å². The predicted octanol–water partition coefficient (Wildman–Crippen LogP) is 4.31. The van der Waals surface area contributed by atoms with E-state index in [2.05, 4.69) is 5.32 Å². The number of urea groups is 1. The summed E-state index contributed by atoms with van der Waals surface area (Å²) in [6.07, 6.45) is -1.24. The number of nitrogens with one attached hydrogen (secondary N) is 1. The molecule has 0 aliphatic carbocycles. The number of sulfonamides is 1. The molecule has 52 heavy (non-hydrogen) atoms. The number of aromatic hydroxyl groups is 1. The SMILES string of the molecule is Cc1cc(S(=O)(=O)N(CC(C)C)C[C@H](O)[C@H](Cc2ccccc2)NC(=O)[C@H](C(C)C)N2CC(=O)N(Cc3cc4c(cc3Cl)OCO4)C2=O)ccc1O. The van der Waals surface area contributed by atoms with Gasteiger partial charge in [-0.3, -0.25) is 14.5 Å². The van der Waals surface area contributed by atoms with Crippen molar-refractivity contribution in [3.8, 4) is 17.2 Å². The number of imide groups is 1. The Morgan fingerprint density at radius 2 is 1.67 bits per heavy atom. The molecule has 0 radical (unpaired) electrons. The van der Waals surface area contributed by atoms with Crippen LogP contribution in [0, 0.1) is 18.8 Å². The first kappa shape index (κ1) is 38.9. The van der Waals surface area contributed by atoms with Gasteiger partial charge >= 0.3 is 6.03 Å². The number of ether oxygens (including phenoxy) is 2. The topological polar surface area (TPSA) is 166 Å². The number of rotatable bonds is 15. The van der Waals surface area contributed by atoms with Gasteiger partial charge in [-0.1, -0.05) is 69.6 Å². The fourth-order valence-corrected chi connectivity index (χ4v) is 8.28. The lowest BCUT2D eigenvalue weighted by molar-refractivity contribution is -0.129. The maximum absolute atomic E-state index is 14.2. The monoisotopic (exact) mass is 756 g/mol. The third kappa shape index (κ3) is 8.63. The van der Waals surface area contributed by atoms with Gasteiger partial charge in [0, 0.05) is 24.2 Å². The highest BCUT2D eigenvalue weighted by Gasteiger charge is 2.44. The molecular weight excluding hydrogens is 712 g/mol. The maximum atomic E-state index is 14.2. The van der Waals surface area contributed by atoms with Gasteiger partial charge in [0.05, 0.1) is 23.6 Å². The molecule has 0 spiro atoms. The number of aliphatic hydroxyl groups excluding tert-OH is 1. The standard InChI is InChI=1S/C37H45ClN4O9S/c1-22(2)17-40(52(48,49)27-11-12-30(43)24(5)13-27)19-31(44)29(14-25-9-7-6-8-10-25)39-36(46)35(23(3)4)42-20-34(45)41(37(42)47)18-26-15-32-33(16-28(26)38)51-21-50-32/h6-13,15-16,22-23,29,31,35,43-44H,14,17-21H2,1-5H3,(H,39,46)/t29-,31-,35-/m0/s1. The lowest BCUT2D eigenvalue weighted by atomic mass is 9.97. The van der Waals surface area contributed by atoms with Gasteiger partial charge in [0.2, 0.25) is 22.7 Å². The van der Waals surface area contributed by atoms with Crippen LogP contribution in [0.2, 0.25) is 5.02 Å². The highest BCUT2D eigenvalue weighted by atomic mass is 35.5. The second kappa shape index (κ2) is 16.1. The van der Waals surface area contributed by atoms with Gasteiger partial charge in [-0.05, 0) is 66.1 Å². The molecule has 0 unspecified atom stereocenters. The van der Waals surface area contributed by atoms with Crippen LogP contribution in [0.15, 0.2) is 65.6 Å². The Hall–Kier alpha value is -4.37. The molecule has 4 amide bonds. The quantitative estimate of drug-likeness (QED) is 0.192. The highest BCUT2D eigenvalue weighted by Crippen LogP contribution is 2.38. The van der Waals surface area contributed by atoms with Crippen molar-refractivity contribution >= 4 is 39.5 Å². The average Bonchev–Trinajstić information content (AvgIpc) is 3.64. The fraction of sp³-hybridized carbons (Fsp3) is 0.432. The minimum atomic E-state index is -4.13. The summed E-state index contributed by atoms with van der Waals surface area (Å²) in [7, 11) is -4.13. The van der Waals surface area contributed by atoms with Gasteiger partial charge in [-0.15, -0.1) is 0 Å². The molecule has 3 aromatic carbocycles. The van der Waals surface area contributed by atoms with Crippen molar-refractivity contribution in [2.24, 2.45) is 11.8 Å². The zero-order valence-electron chi connectivity index (χ0n) is 29.8. The van der Waals surface area contributed by atoms with Crippen LogP contribution in [0.25, 0.3) is 0 Å². The van der Waals surface area contributed by atoms with Crippen LogP contribution >= 0.6 is 11.6 Å². The van der Waals surface area contributed by atoms with Crippen LogP contribution in [0.1, 0.15) is 44.4 Å². The first-order valence-electron chi connectivity index (χ1n) is 17.1. The summed E-state index contributed by atoms with van der Waals surface area (Å²) >= 11 is 6.44. The molecule has 15 heteroatoms. The van der Waals surface area contributed by atoms with Crippen molar-refractivity contribution in [3.63, 3.8) is 0 Å². The maximum Gasteiger partial charge on any atom is 0.328 e. The van der Waals surface area contributed by atoms with Crippen molar-refractivity contribution in [1.29, 1.82) is 0 Å². The number of phenols is 1. The number of carbonyl (C=O) groups is 3. The fourth-order valence-electron chi connectivity index (χ4n) is 6.36. The third-order valence-electron chi connectivity index (χ3n) is 9.05. The molecule has 2 aliphatic heterocycles. The molecule has 3 N–H and O–H groups in total. The van der Waals surface area contributed by atoms with Crippen molar-refractivity contribution in [1.82, 2.24) is 19.4 Å². The number of carbonyl (C=O) groups excluding carboxylic acids is 3. The van der Waals surface area contributed by atoms with Gasteiger partial charge in [-0.2, -0.15) is 4.31 Å². The number of aryl methyl sites for hydroxylation is 1. The summed E-state index contributed by atoms with van der Waals surface area (Å²) < 4.78 is 39.7. The molecule has 0 saturated carbocycles. The van der Waals surface area contributed by atoms with Crippen molar-refractivity contribution in [2.75, 3.05) is 26.4 Å². The van der Waals surface area contributed by atoms with Crippen LogP contribution in [0.3, 0.4) is 0 Å². The van der Waals surface area contributed by atoms with E-state index in [0.717, 1.165) is 10.5 Å². The first-order valence-corrected chi connectivity index (χ1v) is 18.9. The van der Waals surface area contributed by atoms with E-state index in [1.807, 2.05) is 44.2 Å². The summed E-state index contributed by atoms with van der Waals surface area (Å²) in [5, 5.41) is 25.0. The number of benzene rings is 3. The van der Waals surface area contributed by atoms with Gasteiger partial charge in [0.25, 0.3) is 5.91 Å². The molecular formula is C37H45ClN4O9S. The summed E-state index contributed by atoms with van der Waals surface area (Å²) in [5.74, 6) is -0.825. The minimum absolute atomic E-state index is 0.0271. The lowest BCUT2D eigenvalue weighted by Gasteiger charge is -2.34. The molecule has 280 valence electrons. The number of phenolic OH excluding ortho intramolecular Hbond substituents is 1. The largest absolute Gasteiger partial charge is 0.508 e. The Bertz CT molecular complexity index is 1910. The number of hydrogen-bond donors (Lipinski definition) is 3. The van der Waals surface area contributed by atoms with Crippen LogP contribution in [0.4, 0.5) is 4.79 Å². The number of fused-ring (bicyclic) bond motifs is 1. The van der Waals surface area contributed by atoms with Crippen molar-refractivity contribution < 1.29 is 42.5 Å². The number of amides is 4. The molecule has 3 atom stereocenters. The molecule has 13 nitrogen and oxygen atoms in total. The molecule has 5 rings (SSSR count). The lowest BCUT2D eigenvalue weighted by Crippen LogP contribution is -2.57. The molecule has 2 aliphatic rings.